The fraction of sp³-hybridized carbons (Fsp3) is 0.364. The molecule has 0 amide bonds. The van der Waals surface area contributed by atoms with Crippen LogP contribution in [-0.4, -0.2) is 36.5 Å². The summed E-state index contributed by atoms with van der Waals surface area (Å²) in [6.07, 6.45) is 1.89. The molecule has 2 aromatic carbocycles. The van der Waals surface area contributed by atoms with E-state index >= 15 is 0 Å². The van der Waals surface area contributed by atoms with Crippen LogP contribution >= 0.6 is 0 Å². The van der Waals surface area contributed by atoms with Gasteiger partial charge in [-0.1, -0.05) is 18.2 Å². The molecule has 0 unspecified atom stereocenters. The van der Waals surface area contributed by atoms with E-state index in [1.54, 1.807) is 0 Å². The summed E-state index contributed by atoms with van der Waals surface area (Å²) in [7, 11) is 0. The van der Waals surface area contributed by atoms with E-state index in [0.29, 0.717) is 6.79 Å². The molecule has 2 aliphatic rings. The van der Waals surface area contributed by atoms with Crippen molar-refractivity contribution in [3.8, 4) is 11.5 Å². The Morgan fingerprint density at radius 1 is 0.964 bits per heavy atom. The number of anilines is 1. The molecule has 0 bridgehead atoms. The first kappa shape index (κ1) is 17.3. The largest absolute Gasteiger partial charge is 0.454 e. The second kappa shape index (κ2) is 6.95. The number of hydrogen-bond acceptors (Lipinski definition) is 6. The zero-order chi connectivity index (χ0) is 19.0. The van der Waals surface area contributed by atoms with Crippen molar-refractivity contribution in [1.29, 1.82) is 0 Å². The summed E-state index contributed by atoms with van der Waals surface area (Å²) in [5.74, 6) is 2.48. The summed E-state index contributed by atoms with van der Waals surface area (Å²) in [6.45, 7) is 4.55. The molecule has 0 aliphatic carbocycles. The molecule has 1 saturated heterocycles. The number of ether oxygens (including phenoxy) is 3. The first-order valence-electron chi connectivity index (χ1n) is 9.69. The normalized spacial score (nSPS) is 17.6. The number of fused-ring (bicyclic) bond motifs is 2. The van der Waals surface area contributed by atoms with Gasteiger partial charge in [-0.15, -0.1) is 0 Å². The van der Waals surface area contributed by atoms with Crippen LogP contribution < -0.4 is 14.8 Å². The smallest absolute Gasteiger partial charge is 0.231 e. The van der Waals surface area contributed by atoms with Crippen molar-refractivity contribution in [1.82, 2.24) is 9.97 Å². The number of aromatic nitrogens is 2. The van der Waals surface area contributed by atoms with Gasteiger partial charge in [0, 0.05) is 25.2 Å². The highest BCUT2D eigenvalue weighted by Crippen LogP contribution is 2.41. The van der Waals surface area contributed by atoms with Crippen molar-refractivity contribution >= 4 is 16.9 Å². The highest BCUT2D eigenvalue weighted by Gasteiger charge is 2.35. The van der Waals surface area contributed by atoms with Gasteiger partial charge >= 0.3 is 0 Å². The molecule has 1 aromatic heterocycles. The summed E-state index contributed by atoms with van der Waals surface area (Å²) < 4.78 is 16.7. The third-order valence-corrected chi connectivity index (χ3v) is 5.77. The number of para-hydroxylation sites is 2. The minimum absolute atomic E-state index is 0.0427. The molecule has 1 fully saturated rings. The van der Waals surface area contributed by atoms with Gasteiger partial charge in [-0.3, -0.25) is 0 Å². The lowest BCUT2D eigenvalue weighted by Crippen LogP contribution is -2.40. The predicted octanol–water partition coefficient (Wildman–Crippen LogP) is 3.83. The van der Waals surface area contributed by atoms with Crippen LogP contribution in [0.3, 0.4) is 0 Å². The molecule has 0 saturated carbocycles. The maximum Gasteiger partial charge on any atom is 0.231 e. The van der Waals surface area contributed by atoms with Crippen LogP contribution in [0.5, 0.6) is 11.5 Å². The van der Waals surface area contributed by atoms with Gasteiger partial charge in [0.2, 0.25) is 6.79 Å². The summed E-state index contributed by atoms with van der Waals surface area (Å²) in [4.78, 5) is 9.49. The van der Waals surface area contributed by atoms with E-state index in [1.807, 2.05) is 37.3 Å². The standard InChI is InChI=1S/C22H23N3O3/c1-15-21(25-18-5-3-2-4-17(18)24-15)23-13-22(8-10-26-11-9-22)16-6-7-19-20(12-16)28-14-27-19/h2-7,12H,8-11,13-14H2,1H3,(H,23,25). The van der Waals surface area contributed by atoms with Crippen LogP contribution in [0.4, 0.5) is 5.82 Å². The van der Waals surface area contributed by atoms with E-state index in [1.165, 1.54) is 5.56 Å². The zero-order valence-electron chi connectivity index (χ0n) is 15.9. The van der Waals surface area contributed by atoms with E-state index in [4.69, 9.17) is 24.2 Å². The molecular formula is C22H23N3O3. The quantitative estimate of drug-likeness (QED) is 0.746. The molecule has 3 aromatic rings. The molecule has 0 radical (unpaired) electrons. The second-order valence-electron chi connectivity index (χ2n) is 7.46. The Kier molecular flexibility index (Phi) is 4.28. The summed E-state index contributed by atoms with van der Waals surface area (Å²) in [6, 6.07) is 14.2. The average Bonchev–Trinajstić information content (AvgIpc) is 3.21. The molecule has 28 heavy (non-hydrogen) atoms. The number of nitrogens with one attached hydrogen (secondary N) is 1. The summed E-state index contributed by atoms with van der Waals surface area (Å²) in [5, 5.41) is 3.58. The molecule has 3 heterocycles. The maximum atomic E-state index is 5.66. The van der Waals surface area contributed by atoms with Gasteiger partial charge in [0.25, 0.3) is 0 Å². The van der Waals surface area contributed by atoms with Gasteiger partial charge in [0.15, 0.2) is 11.5 Å². The van der Waals surface area contributed by atoms with E-state index in [2.05, 4.69) is 17.4 Å². The van der Waals surface area contributed by atoms with Gasteiger partial charge < -0.3 is 19.5 Å². The van der Waals surface area contributed by atoms with Crippen LogP contribution in [0.2, 0.25) is 0 Å². The van der Waals surface area contributed by atoms with Crippen molar-refractivity contribution in [2.24, 2.45) is 0 Å². The molecule has 0 atom stereocenters. The van der Waals surface area contributed by atoms with Gasteiger partial charge in [-0.05, 0) is 49.6 Å². The molecule has 6 nitrogen and oxygen atoms in total. The van der Waals surface area contributed by atoms with Crippen LogP contribution in [0.1, 0.15) is 24.1 Å². The minimum atomic E-state index is -0.0427. The van der Waals surface area contributed by atoms with Crippen molar-refractivity contribution in [2.45, 2.75) is 25.2 Å². The van der Waals surface area contributed by atoms with E-state index in [9.17, 15) is 0 Å². The Labute approximate surface area is 163 Å². The predicted molar refractivity (Wildman–Crippen MR) is 107 cm³/mol. The fourth-order valence-corrected chi connectivity index (χ4v) is 4.06. The zero-order valence-corrected chi connectivity index (χ0v) is 15.9. The molecule has 5 rings (SSSR count). The molecule has 0 spiro atoms. The number of aryl methyl sites for hydroxylation is 1. The van der Waals surface area contributed by atoms with Gasteiger partial charge in [0.05, 0.1) is 16.7 Å². The lowest BCUT2D eigenvalue weighted by atomic mass is 9.74. The number of rotatable bonds is 4. The second-order valence-corrected chi connectivity index (χ2v) is 7.46. The van der Waals surface area contributed by atoms with Crippen molar-refractivity contribution < 1.29 is 14.2 Å². The first-order chi connectivity index (χ1) is 13.7. The Morgan fingerprint density at radius 3 is 2.54 bits per heavy atom. The van der Waals surface area contributed by atoms with Crippen LogP contribution in [0, 0.1) is 6.92 Å². The third kappa shape index (κ3) is 3.03. The van der Waals surface area contributed by atoms with Crippen molar-refractivity contribution in [3.05, 3.63) is 53.7 Å². The fourth-order valence-electron chi connectivity index (χ4n) is 4.06. The van der Waals surface area contributed by atoms with E-state index < -0.39 is 0 Å². The topological polar surface area (TPSA) is 65.5 Å². The van der Waals surface area contributed by atoms with Gasteiger partial charge in [-0.2, -0.15) is 0 Å². The monoisotopic (exact) mass is 377 g/mol. The molecule has 1 N–H and O–H groups in total. The average molecular weight is 377 g/mol. The molecular weight excluding hydrogens is 354 g/mol. The number of nitrogens with zero attached hydrogens (tertiary/aromatic N) is 2. The lowest BCUT2D eigenvalue weighted by molar-refractivity contribution is 0.0543. The lowest BCUT2D eigenvalue weighted by Gasteiger charge is -2.38. The van der Waals surface area contributed by atoms with E-state index in [0.717, 1.165) is 66.6 Å². The van der Waals surface area contributed by atoms with Crippen LogP contribution in [-0.2, 0) is 10.2 Å². The van der Waals surface area contributed by atoms with Crippen LogP contribution in [0.25, 0.3) is 11.0 Å². The Hall–Kier alpha value is -2.86. The highest BCUT2D eigenvalue weighted by molar-refractivity contribution is 5.76. The minimum Gasteiger partial charge on any atom is -0.454 e. The summed E-state index contributed by atoms with van der Waals surface area (Å²) in [5.41, 5.74) is 3.94. The molecule has 144 valence electrons. The van der Waals surface area contributed by atoms with Gasteiger partial charge in [0.1, 0.15) is 5.82 Å². The van der Waals surface area contributed by atoms with Crippen molar-refractivity contribution in [3.63, 3.8) is 0 Å². The van der Waals surface area contributed by atoms with E-state index in [-0.39, 0.29) is 5.41 Å². The Morgan fingerprint density at radius 2 is 1.71 bits per heavy atom. The Balaban J connectivity index is 1.45. The number of hydrogen-bond donors (Lipinski definition) is 1. The SMILES string of the molecule is Cc1nc2ccccc2nc1NCC1(c2ccc3c(c2)OCO3)CCOCC1. The van der Waals surface area contributed by atoms with Gasteiger partial charge in [-0.25, -0.2) is 9.97 Å². The molecule has 6 heteroatoms. The number of benzene rings is 2. The highest BCUT2D eigenvalue weighted by atomic mass is 16.7. The maximum absolute atomic E-state index is 5.66. The summed E-state index contributed by atoms with van der Waals surface area (Å²) >= 11 is 0. The third-order valence-electron chi connectivity index (χ3n) is 5.77. The van der Waals surface area contributed by atoms with Crippen molar-refractivity contribution in [2.75, 3.05) is 31.9 Å². The first-order valence-corrected chi connectivity index (χ1v) is 9.69. The van der Waals surface area contributed by atoms with Crippen LogP contribution in [0.15, 0.2) is 42.5 Å². The Bertz CT molecular complexity index is 1020. The molecule has 2 aliphatic heterocycles.